The Bertz CT molecular complexity index is 690. The summed E-state index contributed by atoms with van der Waals surface area (Å²) in [5.74, 6) is 0.945. The number of ether oxygens (including phenoxy) is 1. The zero-order chi connectivity index (χ0) is 16.4. The van der Waals surface area contributed by atoms with Crippen molar-refractivity contribution >= 4 is 10.9 Å². The highest BCUT2D eigenvalue weighted by Crippen LogP contribution is 2.30. The molecule has 1 saturated heterocycles. The second kappa shape index (κ2) is 7.13. The minimum atomic E-state index is 0.945. The third-order valence-corrected chi connectivity index (χ3v) is 5.42. The lowest BCUT2D eigenvalue weighted by atomic mass is 10.0. The predicted molar refractivity (Wildman–Crippen MR) is 97.8 cm³/mol. The predicted octanol–water partition coefficient (Wildman–Crippen LogP) is 1.83. The maximum Gasteiger partial charge on any atom is 0.119 e. The average Bonchev–Trinajstić information content (AvgIpc) is 3.00. The van der Waals surface area contributed by atoms with E-state index in [1.54, 1.807) is 7.11 Å². The molecule has 2 N–H and O–H groups in total. The first-order chi connectivity index (χ1) is 11.8. The summed E-state index contributed by atoms with van der Waals surface area (Å²) >= 11 is 0. The number of methoxy groups -OCH3 is 1. The van der Waals surface area contributed by atoms with Gasteiger partial charge in [-0.25, -0.2) is 0 Å². The van der Waals surface area contributed by atoms with E-state index in [0.29, 0.717) is 0 Å². The smallest absolute Gasteiger partial charge is 0.119 e. The first-order valence-corrected chi connectivity index (χ1v) is 9.16. The van der Waals surface area contributed by atoms with E-state index in [1.165, 1.54) is 61.3 Å². The van der Waals surface area contributed by atoms with Crippen molar-refractivity contribution in [2.45, 2.75) is 19.4 Å². The van der Waals surface area contributed by atoms with Gasteiger partial charge in [-0.05, 0) is 43.3 Å². The van der Waals surface area contributed by atoms with Gasteiger partial charge in [-0.3, -0.25) is 4.90 Å². The highest BCUT2D eigenvalue weighted by molar-refractivity contribution is 5.86. The molecule has 5 nitrogen and oxygen atoms in total. The van der Waals surface area contributed by atoms with Crippen LogP contribution in [0.1, 0.15) is 17.7 Å². The summed E-state index contributed by atoms with van der Waals surface area (Å²) in [6, 6.07) is 6.35. The van der Waals surface area contributed by atoms with Crippen molar-refractivity contribution in [3.63, 3.8) is 0 Å². The molecule has 1 aromatic carbocycles. The van der Waals surface area contributed by atoms with Crippen LogP contribution in [0.5, 0.6) is 5.75 Å². The summed E-state index contributed by atoms with van der Waals surface area (Å²) < 4.78 is 5.40. The molecule has 2 aromatic rings. The standard InChI is InChI=1S/C19H28N4O/c1-24-15-3-4-18-16(13-15)17-14-23(10-5-19(17)21-18)9-2-8-22-11-6-20-7-12-22/h3-4,13,20-21H,2,5-12,14H2,1H3. The monoisotopic (exact) mass is 328 g/mol. The molecule has 0 spiro atoms. The number of aromatic amines is 1. The molecule has 2 aliphatic heterocycles. The third-order valence-electron chi connectivity index (χ3n) is 5.42. The van der Waals surface area contributed by atoms with Gasteiger partial charge in [0.05, 0.1) is 7.11 Å². The van der Waals surface area contributed by atoms with Crippen LogP contribution >= 0.6 is 0 Å². The van der Waals surface area contributed by atoms with E-state index in [-0.39, 0.29) is 0 Å². The van der Waals surface area contributed by atoms with Crippen LogP contribution in [0.15, 0.2) is 18.2 Å². The number of hydrogen-bond donors (Lipinski definition) is 2. The van der Waals surface area contributed by atoms with Gasteiger partial charge in [0.25, 0.3) is 0 Å². The van der Waals surface area contributed by atoms with Crippen molar-refractivity contribution in [1.29, 1.82) is 0 Å². The van der Waals surface area contributed by atoms with Gasteiger partial charge in [0.15, 0.2) is 0 Å². The van der Waals surface area contributed by atoms with E-state index < -0.39 is 0 Å². The van der Waals surface area contributed by atoms with E-state index in [0.717, 1.165) is 31.8 Å². The van der Waals surface area contributed by atoms with Crippen LogP contribution in [0.2, 0.25) is 0 Å². The van der Waals surface area contributed by atoms with Crippen LogP contribution in [0.4, 0.5) is 0 Å². The molecule has 0 amide bonds. The van der Waals surface area contributed by atoms with Crippen LogP contribution in [-0.2, 0) is 13.0 Å². The minimum Gasteiger partial charge on any atom is -0.497 e. The van der Waals surface area contributed by atoms with Crippen molar-refractivity contribution in [1.82, 2.24) is 20.1 Å². The number of fused-ring (bicyclic) bond motifs is 3. The lowest BCUT2D eigenvalue weighted by Gasteiger charge is -2.30. The number of piperazine rings is 1. The number of H-pyrrole nitrogens is 1. The molecule has 1 fully saturated rings. The highest BCUT2D eigenvalue weighted by Gasteiger charge is 2.21. The number of nitrogens with zero attached hydrogens (tertiary/aromatic N) is 2. The van der Waals surface area contributed by atoms with Gasteiger partial charge in [0.2, 0.25) is 0 Å². The van der Waals surface area contributed by atoms with Crippen molar-refractivity contribution in [3.05, 3.63) is 29.5 Å². The number of benzene rings is 1. The van der Waals surface area contributed by atoms with Crippen molar-refractivity contribution in [3.8, 4) is 5.75 Å². The Balaban J connectivity index is 1.39. The Morgan fingerprint density at radius 2 is 1.92 bits per heavy atom. The molecule has 0 saturated carbocycles. The third kappa shape index (κ3) is 3.29. The zero-order valence-electron chi connectivity index (χ0n) is 14.6. The Morgan fingerprint density at radius 1 is 1.08 bits per heavy atom. The Hall–Kier alpha value is -1.56. The fourth-order valence-corrected chi connectivity index (χ4v) is 4.02. The topological polar surface area (TPSA) is 43.5 Å². The van der Waals surface area contributed by atoms with Crippen LogP contribution in [0.3, 0.4) is 0 Å². The maximum atomic E-state index is 5.40. The first-order valence-electron chi connectivity index (χ1n) is 9.16. The second-order valence-electron chi connectivity index (χ2n) is 6.96. The second-order valence-corrected chi connectivity index (χ2v) is 6.96. The summed E-state index contributed by atoms with van der Waals surface area (Å²) in [6.45, 7) is 9.34. The van der Waals surface area contributed by atoms with Crippen molar-refractivity contribution in [2.75, 3.05) is 52.9 Å². The van der Waals surface area contributed by atoms with Crippen molar-refractivity contribution in [2.24, 2.45) is 0 Å². The van der Waals surface area contributed by atoms with Crippen LogP contribution in [0, 0.1) is 0 Å². The molecule has 0 bridgehead atoms. The Kier molecular flexibility index (Phi) is 4.74. The molecule has 130 valence electrons. The molecule has 0 atom stereocenters. The van der Waals surface area contributed by atoms with Crippen LogP contribution in [0.25, 0.3) is 10.9 Å². The van der Waals surface area contributed by atoms with E-state index in [1.807, 2.05) is 6.07 Å². The molecule has 0 aliphatic carbocycles. The first kappa shape index (κ1) is 15.9. The molecular formula is C19H28N4O. The number of rotatable bonds is 5. The Labute approximate surface area is 144 Å². The summed E-state index contributed by atoms with van der Waals surface area (Å²) in [4.78, 5) is 8.79. The highest BCUT2D eigenvalue weighted by atomic mass is 16.5. The fourth-order valence-electron chi connectivity index (χ4n) is 4.02. The van der Waals surface area contributed by atoms with Crippen LogP contribution < -0.4 is 10.1 Å². The minimum absolute atomic E-state index is 0.945. The molecule has 1 aromatic heterocycles. The maximum absolute atomic E-state index is 5.40. The Morgan fingerprint density at radius 3 is 2.75 bits per heavy atom. The zero-order valence-corrected chi connectivity index (χ0v) is 14.6. The number of nitrogens with one attached hydrogen (secondary N) is 2. The van der Waals surface area contributed by atoms with E-state index in [9.17, 15) is 0 Å². The molecular weight excluding hydrogens is 300 g/mol. The van der Waals surface area contributed by atoms with Gasteiger partial charge in [-0.2, -0.15) is 0 Å². The summed E-state index contributed by atoms with van der Waals surface area (Å²) in [7, 11) is 1.74. The van der Waals surface area contributed by atoms with Crippen molar-refractivity contribution < 1.29 is 4.74 Å². The number of hydrogen-bond acceptors (Lipinski definition) is 4. The quantitative estimate of drug-likeness (QED) is 0.879. The molecule has 24 heavy (non-hydrogen) atoms. The average molecular weight is 328 g/mol. The molecule has 4 rings (SSSR count). The van der Waals surface area contributed by atoms with Gasteiger partial charge < -0.3 is 19.9 Å². The van der Waals surface area contributed by atoms with E-state index in [2.05, 4.69) is 32.2 Å². The fraction of sp³-hybridized carbons (Fsp3) is 0.579. The van der Waals surface area contributed by atoms with Gasteiger partial charge in [-0.1, -0.05) is 0 Å². The normalized spacial score (nSPS) is 19.5. The lowest BCUT2D eigenvalue weighted by Crippen LogP contribution is -2.44. The van der Waals surface area contributed by atoms with Gasteiger partial charge in [0.1, 0.15) is 5.75 Å². The van der Waals surface area contributed by atoms with Gasteiger partial charge >= 0.3 is 0 Å². The van der Waals surface area contributed by atoms with Gasteiger partial charge in [-0.15, -0.1) is 0 Å². The summed E-state index contributed by atoms with van der Waals surface area (Å²) in [5.41, 5.74) is 4.12. The largest absolute Gasteiger partial charge is 0.497 e. The van der Waals surface area contributed by atoms with E-state index >= 15 is 0 Å². The lowest BCUT2D eigenvalue weighted by molar-refractivity contribution is 0.203. The number of aromatic nitrogens is 1. The summed E-state index contributed by atoms with van der Waals surface area (Å²) in [6.07, 6.45) is 2.39. The van der Waals surface area contributed by atoms with Gasteiger partial charge in [0, 0.05) is 62.3 Å². The SMILES string of the molecule is COc1ccc2[nH]c3c(c2c1)CN(CCCN1CCNCC1)CC3. The van der Waals surface area contributed by atoms with Crippen LogP contribution in [-0.4, -0.2) is 67.7 Å². The summed E-state index contributed by atoms with van der Waals surface area (Å²) in [5, 5.41) is 4.75. The molecule has 5 heteroatoms. The molecule has 3 heterocycles. The molecule has 2 aliphatic rings. The molecule has 0 radical (unpaired) electrons. The molecule has 0 unspecified atom stereocenters. The van der Waals surface area contributed by atoms with E-state index in [4.69, 9.17) is 4.74 Å².